The van der Waals surface area contributed by atoms with Gasteiger partial charge in [0.25, 0.3) is 11.6 Å². The summed E-state index contributed by atoms with van der Waals surface area (Å²) in [4.78, 5) is 34.6. The third-order valence-corrected chi connectivity index (χ3v) is 6.85. The van der Waals surface area contributed by atoms with Crippen molar-refractivity contribution < 1.29 is 27.7 Å². The molecule has 1 heterocycles. The van der Waals surface area contributed by atoms with Gasteiger partial charge in [0.2, 0.25) is 15.9 Å². The lowest BCUT2D eigenvalue weighted by atomic mass is 10.1. The van der Waals surface area contributed by atoms with E-state index in [-0.39, 0.29) is 30.1 Å². The Morgan fingerprint density at radius 1 is 1.03 bits per heavy atom. The van der Waals surface area contributed by atoms with Gasteiger partial charge in [-0.25, -0.2) is 8.42 Å². The maximum atomic E-state index is 12.7. The van der Waals surface area contributed by atoms with E-state index in [1.807, 2.05) is 0 Å². The predicted molar refractivity (Wildman–Crippen MR) is 119 cm³/mol. The first-order valence-corrected chi connectivity index (χ1v) is 11.8. The van der Waals surface area contributed by atoms with E-state index in [2.05, 4.69) is 10.6 Å². The number of hydrogen-bond donors (Lipinski definition) is 2. The number of nitro benzene ring substituents is 1. The molecule has 2 aromatic carbocycles. The molecule has 0 aliphatic carbocycles. The molecule has 2 amide bonds. The Labute approximate surface area is 190 Å². The molecule has 0 radical (unpaired) electrons. The number of morpholine rings is 1. The Morgan fingerprint density at radius 2 is 1.73 bits per heavy atom. The van der Waals surface area contributed by atoms with Gasteiger partial charge in [-0.2, -0.15) is 4.31 Å². The topological polar surface area (TPSA) is 148 Å². The maximum absolute atomic E-state index is 12.7. The van der Waals surface area contributed by atoms with E-state index in [0.29, 0.717) is 37.4 Å². The van der Waals surface area contributed by atoms with Crippen LogP contribution in [0.4, 0.5) is 5.69 Å². The minimum atomic E-state index is -3.52. The van der Waals surface area contributed by atoms with Crippen molar-refractivity contribution in [2.24, 2.45) is 0 Å². The summed E-state index contributed by atoms with van der Waals surface area (Å²) >= 11 is 0. The zero-order valence-corrected chi connectivity index (χ0v) is 18.5. The van der Waals surface area contributed by atoms with E-state index < -0.39 is 26.8 Å². The Hall–Kier alpha value is -3.35. The number of carbonyl (C=O) groups is 2. The van der Waals surface area contributed by atoms with Crippen LogP contribution in [0.15, 0.2) is 48.5 Å². The molecule has 2 N–H and O–H groups in total. The van der Waals surface area contributed by atoms with E-state index in [4.69, 9.17) is 4.74 Å². The minimum Gasteiger partial charge on any atom is -0.379 e. The average Bonchev–Trinajstić information content (AvgIpc) is 2.82. The lowest BCUT2D eigenvalue weighted by molar-refractivity contribution is -0.384. The van der Waals surface area contributed by atoms with Crippen LogP contribution in [-0.2, 0) is 31.9 Å². The molecule has 33 heavy (non-hydrogen) atoms. The van der Waals surface area contributed by atoms with Crippen LogP contribution >= 0.6 is 0 Å². The number of nitrogens with one attached hydrogen (secondary N) is 2. The summed E-state index contributed by atoms with van der Waals surface area (Å²) in [5.74, 6) is -1.30. The van der Waals surface area contributed by atoms with Crippen LogP contribution in [0, 0.1) is 10.1 Å². The SMILES string of the molecule is O=C(CNC(=O)c1cccc([N+](=O)[O-])c1)NCc1ccccc1CS(=O)(=O)N1CCOCC1. The lowest BCUT2D eigenvalue weighted by Crippen LogP contribution is -2.41. The molecule has 0 unspecified atom stereocenters. The van der Waals surface area contributed by atoms with E-state index in [0.717, 1.165) is 6.07 Å². The first-order valence-electron chi connectivity index (χ1n) is 10.2. The van der Waals surface area contributed by atoms with Gasteiger partial charge in [-0.1, -0.05) is 30.3 Å². The highest BCUT2D eigenvalue weighted by Crippen LogP contribution is 2.17. The van der Waals surface area contributed by atoms with Gasteiger partial charge in [0.1, 0.15) is 0 Å². The molecule has 176 valence electrons. The molecule has 3 rings (SSSR count). The molecule has 0 bridgehead atoms. The normalized spacial score (nSPS) is 14.4. The number of carbonyl (C=O) groups excluding carboxylic acids is 2. The van der Waals surface area contributed by atoms with E-state index in [9.17, 15) is 28.1 Å². The quantitative estimate of drug-likeness (QED) is 0.402. The summed E-state index contributed by atoms with van der Waals surface area (Å²) in [6.07, 6.45) is 0. The van der Waals surface area contributed by atoms with Crippen LogP contribution in [0.2, 0.25) is 0 Å². The monoisotopic (exact) mass is 476 g/mol. The fourth-order valence-corrected chi connectivity index (χ4v) is 4.83. The summed E-state index contributed by atoms with van der Waals surface area (Å²) in [7, 11) is -3.52. The van der Waals surface area contributed by atoms with Crippen molar-refractivity contribution in [3.63, 3.8) is 0 Å². The highest BCUT2D eigenvalue weighted by Gasteiger charge is 2.25. The number of non-ortho nitro benzene ring substituents is 1. The third-order valence-electron chi connectivity index (χ3n) is 5.02. The van der Waals surface area contributed by atoms with Crippen LogP contribution in [0.1, 0.15) is 21.5 Å². The van der Waals surface area contributed by atoms with Gasteiger partial charge < -0.3 is 15.4 Å². The predicted octanol–water partition coefficient (Wildman–Crippen LogP) is 0.803. The Bertz CT molecular complexity index is 1130. The van der Waals surface area contributed by atoms with Crippen molar-refractivity contribution >= 4 is 27.5 Å². The molecular weight excluding hydrogens is 452 g/mol. The van der Waals surface area contributed by atoms with Gasteiger partial charge in [0, 0.05) is 37.3 Å². The molecule has 1 aliphatic heterocycles. The van der Waals surface area contributed by atoms with Gasteiger partial charge in [-0.15, -0.1) is 0 Å². The molecule has 0 aromatic heterocycles. The van der Waals surface area contributed by atoms with Crippen molar-refractivity contribution in [3.8, 4) is 0 Å². The Balaban J connectivity index is 1.55. The molecule has 11 nitrogen and oxygen atoms in total. The number of nitro groups is 1. The number of nitrogens with zero attached hydrogens (tertiary/aromatic N) is 2. The first-order chi connectivity index (χ1) is 15.8. The van der Waals surface area contributed by atoms with Gasteiger partial charge in [0.15, 0.2) is 0 Å². The average molecular weight is 477 g/mol. The maximum Gasteiger partial charge on any atom is 0.270 e. The summed E-state index contributed by atoms with van der Waals surface area (Å²) in [5, 5.41) is 15.9. The smallest absolute Gasteiger partial charge is 0.270 e. The molecular formula is C21H24N4O7S. The van der Waals surface area contributed by atoms with Crippen molar-refractivity contribution in [2.45, 2.75) is 12.3 Å². The number of sulfonamides is 1. The fourth-order valence-electron chi connectivity index (χ4n) is 3.26. The van der Waals surface area contributed by atoms with Crippen LogP contribution < -0.4 is 10.6 Å². The molecule has 0 atom stereocenters. The molecule has 0 spiro atoms. The number of amides is 2. The number of rotatable bonds is 9. The van der Waals surface area contributed by atoms with Crippen LogP contribution in [0.5, 0.6) is 0 Å². The molecule has 12 heteroatoms. The van der Waals surface area contributed by atoms with Gasteiger partial charge in [-0.3, -0.25) is 19.7 Å². The van der Waals surface area contributed by atoms with Crippen molar-refractivity contribution in [1.29, 1.82) is 0 Å². The molecule has 1 fully saturated rings. The van der Waals surface area contributed by atoms with E-state index in [1.165, 1.54) is 22.5 Å². The highest BCUT2D eigenvalue weighted by molar-refractivity contribution is 7.88. The minimum absolute atomic E-state index is 0.0654. The second kappa shape index (κ2) is 11.0. The first kappa shape index (κ1) is 24.3. The Morgan fingerprint density at radius 3 is 2.42 bits per heavy atom. The zero-order valence-electron chi connectivity index (χ0n) is 17.7. The van der Waals surface area contributed by atoms with Gasteiger partial charge in [0.05, 0.1) is 30.4 Å². The standard InChI is InChI=1S/C21H24N4O7S/c26-20(14-23-21(27)16-6-3-7-19(12-16)25(28)29)22-13-17-4-1-2-5-18(17)15-33(30,31)24-8-10-32-11-9-24/h1-7,12H,8-11,13-15H2,(H,22,26)(H,23,27). The van der Waals surface area contributed by atoms with Crippen LogP contribution in [0.25, 0.3) is 0 Å². The fraction of sp³-hybridized carbons (Fsp3) is 0.333. The zero-order chi connectivity index (χ0) is 23.8. The third kappa shape index (κ3) is 6.81. The van der Waals surface area contributed by atoms with Gasteiger partial charge in [-0.05, 0) is 17.2 Å². The van der Waals surface area contributed by atoms with Crippen LogP contribution in [-0.4, -0.2) is 62.3 Å². The second-order valence-corrected chi connectivity index (χ2v) is 9.27. The Kier molecular flexibility index (Phi) is 8.09. The largest absolute Gasteiger partial charge is 0.379 e. The number of hydrogen-bond acceptors (Lipinski definition) is 7. The molecule has 0 saturated carbocycles. The van der Waals surface area contributed by atoms with Crippen LogP contribution in [0.3, 0.4) is 0 Å². The molecule has 1 aliphatic rings. The molecule has 1 saturated heterocycles. The van der Waals surface area contributed by atoms with Crippen molar-refractivity contribution in [1.82, 2.24) is 14.9 Å². The second-order valence-electron chi connectivity index (χ2n) is 7.30. The number of benzene rings is 2. The lowest BCUT2D eigenvalue weighted by Gasteiger charge is -2.26. The summed E-state index contributed by atoms with van der Waals surface area (Å²) in [5.41, 5.74) is 1.06. The number of ether oxygens (including phenoxy) is 1. The highest BCUT2D eigenvalue weighted by atomic mass is 32.2. The summed E-state index contributed by atoms with van der Waals surface area (Å²) < 4.78 is 32.0. The van der Waals surface area contributed by atoms with Gasteiger partial charge >= 0.3 is 0 Å². The van der Waals surface area contributed by atoms with E-state index in [1.54, 1.807) is 24.3 Å². The molecule has 2 aromatic rings. The van der Waals surface area contributed by atoms with E-state index >= 15 is 0 Å². The van der Waals surface area contributed by atoms with Crippen molar-refractivity contribution in [2.75, 3.05) is 32.8 Å². The summed E-state index contributed by atoms with van der Waals surface area (Å²) in [6.45, 7) is 1.09. The summed E-state index contributed by atoms with van der Waals surface area (Å²) in [6, 6.07) is 12.1. The van der Waals surface area contributed by atoms with Crippen molar-refractivity contribution in [3.05, 3.63) is 75.3 Å².